The number of Topliss-reactive ketones (excluding diaryl/α,β-unsaturated/α-hetero) is 2. The monoisotopic (exact) mass is 1510 g/mol. The van der Waals surface area contributed by atoms with E-state index in [0.29, 0.717) is 71.7 Å². The van der Waals surface area contributed by atoms with Crippen molar-refractivity contribution in [1.29, 1.82) is 0 Å². The molecule has 0 bridgehead atoms. The lowest BCUT2D eigenvalue weighted by atomic mass is 9.85. The van der Waals surface area contributed by atoms with Crippen molar-refractivity contribution in [3.8, 4) is 0 Å². The van der Waals surface area contributed by atoms with E-state index in [9.17, 15) is 19.2 Å². The molecular formula is C62H105N17O10S3Si6. The third-order valence-electron chi connectivity index (χ3n) is 15.0. The van der Waals surface area contributed by atoms with Gasteiger partial charge < -0.3 is 46.8 Å². The largest absolute Gasteiger partial charge is 0.455 e. The first-order chi connectivity index (χ1) is 46.1. The fourth-order valence-electron chi connectivity index (χ4n) is 11.1. The first-order valence-electron chi connectivity index (χ1n) is 33.4. The number of thioether (sulfide) groups is 3. The summed E-state index contributed by atoms with van der Waals surface area (Å²) in [4.78, 5) is 75.2. The molecule has 6 rings (SSSR count). The number of nitrogens with zero attached hydrogens (tertiary/aromatic N) is 15. The van der Waals surface area contributed by atoms with Crippen LogP contribution in [0.15, 0.2) is 71.2 Å². The molecule has 0 unspecified atom stereocenters. The third-order valence-corrected chi connectivity index (χ3v) is 44.4. The normalized spacial score (nSPS) is 12.7. The molecule has 540 valence electrons. The second kappa shape index (κ2) is 38.9. The minimum atomic E-state index is -2.04. The van der Waals surface area contributed by atoms with Crippen molar-refractivity contribution >= 4 is 109 Å². The van der Waals surface area contributed by atoms with E-state index in [4.69, 9.17) is 26.6 Å². The molecule has 0 atom stereocenters. The molecule has 0 spiro atoms. The van der Waals surface area contributed by atoms with E-state index >= 15 is 0 Å². The van der Waals surface area contributed by atoms with Crippen LogP contribution in [0.3, 0.4) is 0 Å². The summed E-state index contributed by atoms with van der Waals surface area (Å²) in [6, 6.07) is 2.98. The van der Waals surface area contributed by atoms with Gasteiger partial charge in [-0.3, -0.25) is 9.59 Å². The van der Waals surface area contributed by atoms with E-state index in [0.717, 1.165) is 76.6 Å². The lowest BCUT2D eigenvalue weighted by Crippen LogP contribution is -2.46. The van der Waals surface area contributed by atoms with Crippen molar-refractivity contribution in [1.82, 2.24) is 85.5 Å². The van der Waals surface area contributed by atoms with Crippen LogP contribution in [0.2, 0.25) is 96.7 Å². The highest BCUT2D eigenvalue weighted by Gasteiger charge is 2.37. The Labute approximate surface area is 597 Å². The second-order valence-electron chi connectivity index (χ2n) is 29.0. The van der Waals surface area contributed by atoms with Crippen LogP contribution < -0.4 is 10.6 Å². The predicted molar refractivity (Wildman–Crippen MR) is 396 cm³/mol. The van der Waals surface area contributed by atoms with E-state index in [1.54, 1.807) is 88.0 Å². The van der Waals surface area contributed by atoms with Gasteiger partial charge in [0.1, 0.15) is 28.6 Å². The molecule has 0 aliphatic carbocycles. The van der Waals surface area contributed by atoms with Gasteiger partial charge in [-0.15, -0.1) is 15.3 Å². The summed E-state index contributed by atoms with van der Waals surface area (Å²) in [5.74, 6) is 0.145. The number of nitrogens with one attached hydrogen (secondary N) is 2. The number of aromatic nitrogens is 15. The van der Waals surface area contributed by atoms with Crippen molar-refractivity contribution in [3.63, 3.8) is 0 Å². The Morgan fingerprint density at radius 1 is 0.429 bits per heavy atom. The van der Waals surface area contributed by atoms with Crippen LogP contribution in [0.5, 0.6) is 0 Å². The highest BCUT2D eigenvalue weighted by Crippen LogP contribution is 2.30. The average Bonchev–Trinajstić information content (AvgIpc) is 1.93. The minimum absolute atomic E-state index is 0.0115. The van der Waals surface area contributed by atoms with Crippen LogP contribution in [0, 0.1) is 5.41 Å². The van der Waals surface area contributed by atoms with Gasteiger partial charge in [0.15, 0.2) is 65.4 Å². The Kier molecular flexibility index (Phi) is 32.6. The zero-order valence-electron chi connectivity index (χ0n) is 60.5. The molecule has 0 aliphatic rings. The second-order valence-corrected chi connectivity index (χ2v) is 59.5. The van der Waals surface area contributed by atoms with Gasteiger partial charge in [-0.25, -0.2) is 43.9 Å². The highest BCUT2D eigenvalue weighted by atomic mass is 32.2. The van der Waals surface area contributed by atoms with Gasteiger partial charge in [0, 0.05) is 115 Å². The quantitative estimate of drug-likeness (QED) is 0.0155. The van der Waals surface area contributed by atoms with Crippen molar-refractivity contribution in [2.75, 3.05) is 49.0 Å². The summed E-state index contributed by atoms with van der Waals surface area (Å²) in [7, 11) is -11.8. The molecule has 27 nitrogen and oxygen atoms in total. The lowest BCUT2D eigenvalue weighted by Gasteiger charge is -2.33. The molecule has 2 amide bonds. The Balaban J connectivity index is 1.04. The van der Waals surface area contributed by atoms with Crippen molar-refractivity contribution in [2.24, 2.45) is 5.41 Å². The number of carbonyl (C=O) groups is 4. The summed E-state index contributed by atoms with van der Waals surface area (Å²) in [5.41, 5.74) is 3.41. The van der Waals surface area contributed by atoms with Crippen LogP contribution >= 0.6 is 35.3 Å². The summed E-state index contributed by atoms with van der Waals surface area (Å²) >= 11 is 4.83. The molecule has 6 aromatic rings. The molecule has 0 aromatic carbocycles. The number of ether oxygens (including phenoxy) is 3. The first-order valence-corrected chi connectivity index (χ1v) is 55.1. The maximum absolute atomic E-state index is 13.2. The van der Waals surface area contributed by atoms with Gasteiger partial charge in [0.25, 0.3) is 0 Å². The van der Waals surface area contributed by atoms with Gasteiger partial charge in [0.05, 0.1) is 77.9 Å². The van der Waals surface area contributed by atoms with E-state index in [2.05, 4.69) is 150 Å². The molecule has 0 saturated carbocycles. The Bertz CT molecular complexity index is 3100. The van der Waals surface area contributed by atoms with Crippen LogP contribution in [-0.2, 0) is 85.2 Å². The van der Waals surface area contributed by atoms with Crippen LogP contribution in [0.25, 0.3) is 0 Å². The Hall–Kier alpha value is -4.95. The van der Waals surface area contributed by atoms with Crippen molar-refractivity contribution < 1.29 is 45.7 Å². The molecule has 0 aliphatic heterocycles. The number of hydrogen-bond donors (Lipinski definition) is 2. The Morgan fingerprint density at radius 3 is 1.02 bits per heavy atom. The van der Waals surface area contributed by atoms with E-state index in [1.807, 2.05) is 31.0 Å². The summed E-state index contributed by atoms with van der Waals surface area (Å²) in [5, 5.41) is 36.6. The zero-order valence-corrected chi connectivity index (χ0v) is 68.9. The molecular weight excluding hydrogens is 1410 g/mol. The number of unbranched alkanes of at least 4 members (excludes halogenated alkanes) is 1. The van der Waals surface area contributed by atoms with Crippen LogP contribution in [0.4, 0.5) is 0 Å². The molecule has 36 heteroatoms. The third kappa shape index (κ3) is 32.8. The fraction of sp³-hybridized carbons (Fsp3) is 0.645. The maximum atomic E-state index is 13.2. The van der Waals surface area contributed by atoms with E-state index in [1.165, 1.54) is 13.8 Å². The number of carbonyl (C=O) groups excluding carboxylic acids is 4. The van der Waals surface area contributed by atoms with E-state index in [-0.39, 0.29) is 69.4 Å². The summed E-state index contributed by atoms with van der Waals surface area (Å²) < 4.78 is 44.7. The van der Waals surface area contributed by atoms with Crippen molar-refractivity contribution in [2.45, 2.75) is 218 Å². The minimum Gasteiger partial charge on any atom is -0.455 e. The van der Waals surface area contributed by atoms with Gasteiger partial charge in [-0.2, -0.15) is 0 Å². The molecule has 0 radical (unpaired) electrons. The molecule has 6 aromatic heterocycles. The van der Waals surface area contributed by atoms with Crippen LogP contribution in [-0.4, -0.2) is 197 Å². The SMILES string of the molecule is CC(=O)CCCC[Si](C)(C)O[Si](C)(C)CSc1ncc(Cn2cc(COCC(COCc3cn(Cc4cnc(SC[Si](C)(C)O[Si](C)(C)CCCNC(C)=O)nc4)nn3)(COCc3cn(Cc4cnc(SC[Si](C)(C)O[Si](C)(C)CCCNC(C)=O)nc4)nn3)CC(C)=O)nn2)cn1. The Morgan fingerprint density at radius 2 is 0.735 bits per heavy atom. The zero-order chi connectivity index (χ0) is 71.6. The maximum Gasteiger partial charge on any atom is 0.216 e. The smallest absolute Gasteiger partial charge is 0.216 e. The van der Waals surface area contributed by atoms with Crippen LogP contribution in [0.1, 0.15) is 100.0 Å². The number of amides is 2. The van der Waals surface area contributed by atoms with Gasteiger partial charge in [0.2, 0.25) is 11.8 Å². The molecule has 2 N–H and O–H groups in total. The summed E-state index contributed by atoms with van der Waals surface area (Å²) in [6.07, 6.45) is 20.7. The van der Waals surface area contributed by atoms with E-state index < -0.39 is 55.3 Å². The number of rotatable bonds is 48. The number of hydrogen-bond acceptors (Lipinski definition) is 25. The van der Waals surface area contributed by atoms with Gasteiger partial charge >= 0.3 is 0 Å². The van der Waals surface area contributed by atoms with Crippen molar-refractivity contribution in [3.05, 3.63) is 89.5 Å². The topological polar surface area (TPSA) is 317 Å². The predicted octanol–water partition coefficient (Wildman–Crippen LogP) is 9.88. The molecule has 98 heavy (non-hydrogen) atoms. The van der Waals surface area contributed by atoms with Gasteiger partial charge in [-0.1, -0.05) is 57.3 Å². The summed E-state index contributed by atoms with van der Waals surface area (Å²) in [6.45, 7) is 36.3. The standard InChI is InChI=1S/C62H105N17O10S3Si6/c1-49(80)21-17-18-24-93(5,6)87-96(11,12)46-90-59-65-28-53(29-66-59)34-77-37-56(71-74-77)40-84-43-62(27-50(2)81,44-85-41-57-38-78(75-72-57)35-54-30-67-60(68-31-54)91-47-97(13,14)88-94(7,8)25-19-22-63-51(3)82)45-86-42-58-39-79(76-73-58)36-55-32-69-61(70-33-55)92-48-98(15,16)89-95(9,10)26-20-23-64-52(4)83/h28-33,37-39H,17-27,34-36,40-48H2,1-16H3,(H,63,82)(H,64,83). The molecule has 0 fully saturated rings. The molecule has 0 saturated heterocycles. The average molecular weight is 1510 g/mol. The van der Waals surface area contributed by atoms with Gasteiger partial charge in [-0.05, 0) is 130 Å². The number of ketones is 2. The fourth-order valence-corrected chi connectivity index (χ4v) is 42.2. The highest BCUT2D eigenvalue weighted by molar-refractivity contribution is 8.01. The molecule has 6 heterocycles. The lowest BCUT2D eigenvalue weighted by molar-refractivity contribution is -0.128. The first kappa shape index (κ1) is 82.0.